The molecule has 0 fully saturated rings. The topological polar surface area (TPSA) is 39.2 Å². The number of methoxy groups -OCH3 is 1. The van der Waals surface area contributed by atoms with Crippen LogP contribution >= 0.6 is 11.3 Å². The number of carbonyl (C=O) groups is 1. The van der Waals surface area contributed by atoms with Crippen LogP contribution in [0.2, 0.25) is 0 Å². The molecule has 2 aromatic rings. The van der Waals surface area contributed by atoms with E-state index < -0.39 is 0 Å². The highest BCUT2D eigenvalue weighted by molar-refractivity contribution is 7.18. The number of nitrogens with zero attached hydrogens (tertiary/aromatic N) is 1. The molecule has 0 aliphatic carbocycles. The number of ketones is 1. The molecule has 0 spiro atoms. The predicted molar refractivity (Wildman–Crippen MR) is 64.8 cm³/mol. The van der Waals surface area contributed by atoms with Crippen LogP contribution < -0.4 is 0 Å². The van der Waals surface area contributed by atoms with Crippen molar-refractivity contribution in [1.29, 1.82) is 0 Å². The van der Waals surface area contributed by atoms with E-state index in [0.29, 0.717) is 12.8 Å². The predicted octanol–water partition coefficient (Wildman–Crippen LogP) is 2.44. The van der Waals surface area contributed by atoms with Gasteiger partial charge in [0.05, 0.1) is 15.2 Å². The molecule has 2 rings (SSSR count). The molecular formula is C12H13NO2S. The van der Waals surface area contributed by atoms with Crippen molar-refractivity contribution in [2.45, 2.75) is 12.8 Å². The van der Waals surface area contributed by atoms with E-state index in [4.69, 9.17) is 4.74 Å². The van der Waals surface area contributed by atoms with Gasteiger partial charge in [-0.2, -0.15) is 0 Å². The highest BCUT2D eigenvalue weighted by Gasteiger charge is 2.06. The van der Waals surface area contributed by atoms with Crippen LogP contribution in [0.15, 0.2) is 24.3 Å². The number of aromatic nitrogens is 1. The van der Waals surface area contributed by atoms with Crippen LogP contribution in [-0.2, 0) is 16.0 Å². The SMILES string of the molecule is COCC(=O)CCc1nc2ccccc2s1. The van der Waals surface area contributed by atoms with Crippen LogP contribution in [0.3, 0.4) is 0 Å². The molecule has 0 atom stereocenters. The third kappa shape index (κ3) is 2.65. The third-order valence-corrected chi connectivity index (χ3v) is 3.36. The lowest BCUT2D eigenvalue weighted by Gasteiger charge is -1.96. The molecule has 1 aromatic carbocycles. The first kappa shape index (κ1) is 11.2. The Hall–Kier alpha value is -1.26. The summed E-state index contributed by atoms with van der Waals surface area (Å²) in [7, 11) is 1.54. The second-order valence-corrected chi connectivity index (χ2v) is 4.66. The molecule has 0 aliphatic rings. The van der Waals surface area contributed by atoms with Crippen molar-refractivity contribution in [2.75, 3.05) is 13.7 Å². The van der Waals surface area contributed by atoms with Gasteiger partial charge in [0, 0.05) is 20.0 Å². The molecule has 1 heterocycles. The molecular weight excluding hydrogens is 222 g/mol. The summed E-state index contributed by atoms with van der Waals surface area (Å²) in [5.41, 5.74) is 1.02. The lowest BCUT2D eigenvalue weighted by atomic mass is 10.2. The Balaban J connectivity index is 2.02. The molecule has 0 N–H and O–H groups in total. The van der Waals surface area contributed by atoms with E-state index in [-0.39, 0.29) is 12.4 Å². The first-order valence-electron chi connectivity index (χ1n) is 5.14. The minimum Gasteiger partial charge on any atom is -0.377 e. The van der Waals surface area contributed by atoms with E-state index in [1.165, 1.54) is 11.8 Å². The standard InChI is InChI=1S/C12H13NO2S/c1-15-8-9(14)6-7-12-13-10-4-2-3-5-11(10)16-12/h2-5H,6-8H2,1H3. The number of rotatable bonds is 5. The fourth-order valence-electron chi connectivity index (χ4n) is 1.51. The van der Waals surface area contributed by atoms with Gasteiger partial charge in [-0.25, -0.2) is 4.98 Å². The Kier molecular flexibility index (Phi) is 3.64. The lowest BCUT2D eigenvalue weighted by Crippen LogP contribution is -2.07. The van der Waals surface area contributed by atoms with Crippen LogP contribution in [0.5, 0.6) is 0 Å². The van der Waals surface area contributed by atoms with Gasteiger partial charge in [-0.1, -0.05) is 12.1 Å². The number of para-hydroxylation sites is 1. The van der Waals surface area contributed by atoms with Gasteiger partial charge in [0.1, 0.15) is 6.61 Å². The van der Waals surface area contributed by atoms with Crippen molar-refractivity contribution in [1.82, 2.24) is 4.98 Å². The molecule has 0 saturated carbocycles. The Bertz CT molecular complexity index is 459. The van der Waals surface area contributed by atoms with Crippen molar-refractivity contribution >= 4 is 27.3 Å². The number of Topliss-reactive ketones (excluding diaryl/α,β-unsaturated/α-hetero) is 1. The van der Waals surface area contributed by atoms with Gasteiger partial charge < -0.3 is 4.74 Å². The van der Waals surface area contributed by atoms with Crippen molar-refractivity contribution in [3.63, 3.8) is 0 Å². The summed E-state index contributed by atoms with van der Waals surface area (Å²) >= 11 is 1.65. The number of ether oxygens (including phenoxy) is 1. The number of hydrogen-bond acceptors (Lipinski definition) is 4. The average molecular weight is 235 g/mol. The van der Waals surface area contributed by atoms with Gasteiger partial charge >= 0.3 is 0 Å². The first-order chi connectivity index (χ1) is 7.79. The average Bonchev–Trinajstić information content (AvgIpc) is 2.69. The number of fused-ring (bicyclic) bond motifs is 1. The number of benzene rings is 1. The van der Waals surface area contributed by atoms with E-state index in [0.717, 1.165) is 10.5 Å². The van der Waals surface area contributed by atoms with E-state index in [2.05, 4.69) is 4.98 Å². The van der Waals surface area contributed by atoms with Crippen molar-refractivity contribution < 1.29 is 9.53 Å². The molecule has 0 saturated heterocycles. The molecule has 3 nitrogen and oxygen atoms in total. The van der Waals surface area contributed by atoms with Crippen LogP contribution in [0.25, 0.3) is 10.2 Å². The summed E-state index contributed by atoms with van der Waals surface area (Å²) in [6.45, 7) is 0.199. The zero-order valence-corrected chi connectivity index (χ0v) is 9.92. The van der Waals surface area contributed by atoms with E-state index in [1.807, 2.05) is 24.3 Å². The van der Waals surface area contributed by atoms with Gasteiger partial charge in [0.25, 0.3) is 0 Å². The van der Waals surface area contributed by atoms with Gasteiger partial charge in [0.2, 0.25) is 0 Å². The molecule has 1 aromatic heterocycles. The quantitative estimate of drug-likeness (QED) is 0.799. The lowest BCUT2D eigenvalue weighted by molar-refractivity contribution is -0.122. The van der Waals surface area contributed by atoms with E-state index >= 15 is 0 Å². The van der Waals surface area contributed by atoms with Crippen LogP contribution in [-0.4, -0.2) is 24.5 Å². The van der Waals surface area contributed by atoms with E-state index in [1.54, 1.807) is 11.3 Å². The van der Waals surface area contributed by atoms with Gasteiger partial charge in [-0.15, -0.1) is 11.3 Å². The van der Waals surface area contributed by atoms with Crippen molar-refractivity contribution in [3.8, 4) is 0 Å². The van der Waals surface area contributed by atoms with Crippen LogP contribution in [0.4, 0.5) is 0 Å². The molecule has 84 valence electrons. The second kappa shape index (κ2) is 5.18. The molecule has 0 unspecified atom stereocenters. The first-order valence-corrected chi connectivity index (χ1v) is 5.96. The maximum atomic E-state index is 11.3. The second-order valence-electron chi connectivity index (χ2n) is 3.55. The molecule has 0 aliphatic heterocycles. The van der Waals surface area contributed by atoms with Gasteiger partial charge in [0.15, 0.2) is 5.78 Å². The van der Waals surface area contributed by atoms with Crippen LogP contribution in [0.1, 0.15) is 11.4 Å². The summed E-state index contributed by atoms with van der Waals surface area (Å²) in [6.07, 6.45) is 1.22. The number of carbonyl (C=O) groups excluding carboxylic acids is 1. The molecule has 4 heteroatoms. The maximum Gasteiger partial charge on any atom is 0.158 e. The summed E-state index contributed by atoms with van der Waals surface area (Å²) < 4.78 is 5.96. The molecule has 0 amide bonds. The monoisotopic (exact) mass is 235 g/mol. The highest BCUT2D eigenvalue weighted by Crippen LogP contribution is 2.22. The minimum absolute atomic E-state index is 0.127. The number of aryl methyl sites for hydroxylation is 1. The summed E-state index contributed by atoms with van der Waals surface area (Å²) in [4.78, 5) is 15.8. The van der Waals surface area contributed by atoms with Crippen LogP contribution in [0, 0.1) is 0 Å². The van der Waals surface area contributed by atoms with Gasteiger partial charge in [-0.3, -0.25) is 4.79 Å². The summed E-state index contributed by atoms with van der Waals surface area (Å²) in [5, 5.41) is 1.02. The normalized spacial score (nSPS) is 10.8. The van der Waals surface area contributed by atoms with Crippen molar-refractivity contribution in [2.24, 2.45) is 0 Å². The minimum atomic E-state index is 0.127. The Morgan fingerprint density at radius 1 is 1.44 bits per heavy atom. The van der Waals surface area contributed by atoms with Gasteiger partial charge in [-0.05, 0) is 12.1 Å². The fourth-order valence-corrected chi connectivity index (χ4v) is 2.47. The molecule has 0 bridgehead atoms. The number of thiazole rings is 1. The van der Waals surface area contributed by atoms with E-state index in [9.17, 15) is 4.79 Å². The molecule has 16 heavy (non-hydrogen) atoms. The summed E-state index contributed by atoms with van der Waals surface area (Å²) in [5.74, 6) is 0.127. The zero-order valence-electron chi connectivity index (χ0n) is 9.10. The molecule has 0 radical (unpaired) electrons. The third-order valence-electron chi connectivity index (χ3n) is 2.26. The summed E-state index contributed by atoms with van der Waals surface area (Å²) in [6, 6.07) is 8.02. The Labute approximate surface area is 98.1 Å². The largest absolute Gasteiger partial charge is 0.377 e. The zero-order chi connectivity index (χ0) is 11.4. The smallest absolute Gasteiger partial charge is 0.158 e. The van der Waals surface area contributed by atoms with Crippen molar-refractivity contribution in [3.05, 3.63) is 29.3 Å². The Morgan fingerprint density at radius 3 is 3.00 bits per heavy atom. The highest BCUT2D eigenvalue weighted by atomic mass is 32.1. The fraction of sp³-hybridized carbons (Fsp3) is 0.333. The Morgan fingerprint density at radius 2 is 2.25 bits per heavy atom. The maximum absolute atomic E-state index is 11.3. The number of hydrogen-bond donors (Lipinski definition) is 0.